The second-order valence-electron chi connectivity index (χ2n) is 1.15. The van der Waals surface area contributed by atoms with Gasteiger partial charge >= 0.3 is 6.70 Å². The molecule has 0 saturated heterocycles. The second-order valence-corrected chi connectivity index (χ2v) is 1.15. The van der Waals surface area contributed by atoms with Crippen LogP contribution in [-0.4, -0.2) is 6.70 Å². The minimum Gasteiger partial charge on any atom is -0.465 e. The number of hydrogen-bond donors (Lipinski definition) is 0. The fourth-order valence-electron chi connectivity index (χ4n) is 0. The number of nitriles is 1. The first-order valence-electron chi connectivity index (χ1n) is 1.53. The number of nitrogens with zero attached hydrogens (tertiary/aromatic N) is 1. The molecule has 0 aliphatic rings. The van der Waals surface area contributed by atoms with Crippen LogP contribution in [0.15, 0.2) is 0 Å². The average molecular weight is 89.9 g/mol. The third-order valence-corrected chi connectivity index (χ3v) is 0.227. The normalized spacial score (nSPS) is 10.3. The average Bonchev–Trinajstić information content (AvgIpc) is 1.35. The lowest BCUT2D eigenvalue weighted by molar-refractivity contribution is 0.643. The first-order valence-corrected chi connectivity index (χ1v) is 1.53. The Morgan fingerprint density at radius 1 is 1.67 bits per heavy atom. The van der Waals surface area contributed by atoms with E-state index in [0.717, 1.165) is 5.97 Å². The van der Waals surface area contributed by atoms with Crippen LogP contribution in [0.25, 0.3) is 0 Å². The van der Waals surface area contributed by atoms with Crippen molar-refractivity contribution < 1.29 is 8.63 Å². The van der Waals surface area contributed by atoms with Gasteiger partial charge < -0.3 is 8.63 Å². The van der Waals surface area contributed by atoms with Gasteiger partial charge in [0.1, 0.15) is 0 Å². The van der Waals surface area contributed by atoms with E-state index in [9.17, 15) is 8.63 Å². The van der Waals surface area contributed by atoms with Gasteiger partial charge in [-0.1, -0.05) is 5.97 Å². The SMILES string of the molecule is C[B-](F)(F)C#N. The maximum atomic E-state index is 11.2. The van der Waals surface area contributed by atoms with Gasteiger partial charge in [-0.3, -0.25) is 0 Å². The van der Waals surface area contributed by atoms with E-state index in [1.54, 1.807) is 0 Å². The predicted molar refractivity (Wildman–Crippen MR) is 19.4 cm³/mol. The van der Waals surface area contributed by atoms with Crippen LogP contribution in [0.4, 0.5) is 8.63 Å². The van der Waals surface area contributed by atoms with Crippen molar-refractivity contribution >= 4 is 6.70 Å². The Labute approximate surface area is 34.6 Å². The third kappa shape index (κ3) is 3.41. The summed E-state index contributed by atoms with van der Waals surface area (Å²) in [6.07, 6.45) is 0. The van der Waals surface area contributed by atoms with Crippen LogP contribution in [-0.2, 0) is 0 Å². The summed E-state index contributed by atoms with van der Waals surface area (Å²) >= 11 is 0. The molecule has 4 heteroatoms. The Kier molecular flexibility index (Phi) is 1.13. The van der Waals surface area contributed by atoms with Crippen molar-refractivity contribution in [2.24, 2.45) is 0 Å². The molecule has 0 atom stereocenters. The lowest BCUT2D eigenvalue weighted by atomic mass is 9.71. The second kappa shape index (κ2) is 1.25. The van der Waals surface area contributed by atoms with Gasteiger partial charge in [0, 0.05) is 0 Å². The molecule has 0 fully saturated rings. The van der Waals surface area contributed by atoms with Crippen molar-refractivity contribution in [2.75, 3.05) is 0 Å². The van der Waals surface area contributed by atoms with Gasteiger partial charge in [0.25, 0.3) is 0 Å². The Hall–Kier alpha value is -0.585. The Morgan fingerprint density at radius 2 is 1.83 bits per heavy atom. The van der Waals surface area contributed by atoms with E-state index < -0.39 is 6.70 Å². The molecule has 0 N–H and O–H groups in total. The van der Waals surface area contributed by atoms with E-state index >= 15 is 0 Å². The summed E-state index contributed by atoms with van der Waals surface area (Å²) in [5.41, 5.74) is 0. The summed E-state index contributed by atoms with van der Waals surface area (Å²) < 4.78 is 22.3. The van der Waals surface area contributed by atoms with Crippen molar-refractivity contribution in [1.29, 1.82) is 5.26 Å². The maximum absolute atomic E-state index is 11.2. The van der Waals surface area contributed by atoms with Crippen LogP contribution < -0.4 is 0 Å². The van der Waals surface area contributed by atoms with Crippen molar-refractivity contribution in [3.8, 4) is 5.97 Å². The van der Waals surface area contributed by atoms with Crippen LogP contribution >= 0.6 is 0 Å². The van der Waals surface area contributed by atoms with Crippen LogP contribution in [0.1, 0.15) is 0 Å². The van der Waals surface area contributed by atoms with Gasteiger partial charge in [-0.2, -0.15) is 0 Å². The van der Waals surface area contributed by atoms with Crippen LogP contribution in [0.2, 0.25) is 6.82 Å². The van der Waals surface area contributed by atoms with Gasteiger partial charge in [0.15, 0.2) is 0 Å². The van der Waals surface area contributed by atoms with Gasteiger partial charge in [-0.15, -0.1) is 6.82 Å². The largest absolute Gasteiger partial charge is 0.465 e. The van der Waals surface area contributed by atoms with Crippen molar-refractivity contribution in [3.63, 3.8) is 0 Å². The molecule has 0 aromatic rings. The minimum atomic E-state index is -3.68. The molecule has 0 rings (SSSR count). The first-order chi connectivity index (χ1) is 2.56. The molecular weight excluding hydrogens is 86.8 g/mol. The van der Waals surface area contributed by atoms with E-state index in [4.69, 9.17) is 5.26 Å². The zero-order valence-electron chi connectivity index (χ0n) is 3.28. The monoisotopic (exact) mass is 90.0 g/mol. The lowest BCUT2D eigenvalue weighted by Crippen LogP contribution is -2.11. The quantitative estimate of drug-likeness (QED) is 0.408. The van der Waals surface area contributed by atoms with E-state index in [-0.39, 0.29) is 0 Å². The lowest BCUT2D eigenvalue weighted by Gasteiger charge is -2.00. The molecule has 34 valence electrons. The summed E-state index contributed by atoms with van der Waals surface area (Å²) in [5.74, 6) is 0.833. The Bertz CT molecular complexity index is 78.5. The van der Waals surface area contributed by atoms with E-state index in [1.165, 1.54) is 0 Å². The minimum absolute atomic E-state index is 0.611. The Balaban J connectivity index is 3.55. The molecule has 0 aromatic heterocycles. The van der Waals surface area contributed by atoms with E-state index in [0.29, 0.717) is 6.82 Å². The highest BCUT2D eigenvalue weighted by atomic mass is 19.2. The highest BCUT2D eigenvalue weighted by Gasteiger charge is 2.12. The van der Waals surface area contributed by atoms with Crippen LogP contribution in [0, 0.1) is 11.2 Å². The summed E-state index contributed by atoms with van der Waals surface area (Å²) in [7, 11) is 0. The van der Waals surface area contributed by atoms with Gasteiger partial charge in [0.05, 0.1) is 0 Å². The molecule has 6 heavy (non-hydrogen) atoms. The molecule has 0 aromatic carbocycles. The molecule has 0 saturated carbocycles. The first kappa shape index (κ1) is 5.41. The zero-order chi connectivity index (χ0) is 5.21. The predicted octanol–water partition coefficient (Wildman–Crippen LogP) is 1.06. The topological polar surface area (TPSA) is 23.8 Å². The summed E-state index contributed by atoms with van der Waals surface area (Å²) in [5, 5.41) is 7.43. The van der Waals surface area contributed by atoms with Gasteiger partial charge in [0.2, 0.25) is 0 Å². The van der Waals surface area contributed by atoms with Crippen LogP contribution in [0.5, 0.6) is 0 Å². The van der Waals surface area contributed by atoms with Crippen LogP contribution in [0.3, 0.4) is 0 Å². The van der Waals surface area contributed by atoms with E-state index in [2.05, 4.69) is 0 Å². The number of hydrogen-bond acceptors (Lipinski definition) is 1. The number of halogens is 2. The molecule has 0 amide bonds. The van der Waals surface area contributed by atoms with Gasteiger partial charge in [-0.25, -0.2) is 5.26 Å². The van der Waals surface area contributed by atoms with Crippen molar-refractivity contribution in [2.45, 2.75) is 6.82 Å². The van der Waals surface area contributed by atoms with Crippen molar-refractivity contribution in [1.82, 2.24) is 0 Å². The molecule has 0 aliphatic heterocycles. The summed E-state index contributed by atoms with van der Waals surface area (Å²) in [6.45, 7) is -3.07. The summed E-state index contributed by atoms with van der Waals surface area (Å²) in [6, 6.07) is 0. The molecular formula is C2H3BF2N-. The Morgan fingerprint density at radius 3 is 1.83 bits per heavy atom. The maximum Gasteiger partial charge on any atom is 0.401 e. The molecule has 0 bridgehead atoms. The molecule has 0 unspecified atom stereocenters. The third-order valence-electron chi connectivity index (χ3n) is 0.227. The van der Waals surface area contributed by atoms with Crippen molar-refractivity contribution in [3.05, 3.63) is 0 Å². The molecule has 0 aliphatic carbocycles. The summed E-state index contributed by atoms with van der Waals surface area (Å²) in [4.78, 5) is 0. The fraction of sp³-hybridized carbons (Fsp3) is 0.500. The van der Waals surface area contributed by atoms with E-state index in [1.807, 2.05) is 0 Å². The molecule has 0 spiro atoms. The highest BCUT2D eigenvalue weighted by molar-refractivity contribution is 6.72. The zero-order valence-corrected chi connectivity index (χ0v) is 3.28. The molecule has 1 nitrogen and oxygen atoms in total. The number of rotatable bonds is 0. The highest BCUT2D eigenvalue weighted by Crippen LogP contribution is 2.00. The molecule has 0 radical (unpaired) electrons. The van der Waals surface area contributed by atoms with Gasteiger partial charge in [-0.05, 0) is 0 Å². The fourth-order valence-corrected chi connectivity index (χ4v) is 0. The standard InChI is InChI=1S/C2H3BF2N/c1-3(4,5)2-6/h1H3/q-1. The smallest absolute Gasteiger partial charge is 0.401 e. The molecule has 0 heterocycles.